The molecule has 4 aromatic rings. The maximum absolute atomic E-state index is 13.1. The van der Waals surface area contributed by atoms with Crippen molar-refractivity contribution in [1.82, 2.24) is 20.3 Å². The predicted molar refractivity (Wildman–Crippen MR) is 156 cm³/mol. The summed E-state index contributed by atoms with van der Waals surface area (Å²) in [6.07, 6.45) is 5.39. The fourth-order valence-corrected chi connectivity index (χ4v) is 4.88. The number of nitro benzene ring substituents is 1. The number of carbonyl (C=O) groups is 1. The van der Waals surface area contributed by atoms with Crippen molar-refractivity contribution in [2.45, 2.75) is 39.0 Å². The number of non-ortho nitro benzene ring substituents is 1. The molecule has 0 saturated carbocycles. The number of thiocarbonyl (C=S) groups is 1. The number of aryl methyl sites for hydroxylation is 1. The third-order valence-corrected chi connectivity index (χ3v) is 6.94. The molecule has 10 nitrogen and oxygen atoms in total. The fraction of sp³-hybridized carbons (Fsp3) is 0.286. The Labute approximate surface area is 231 Å². The van der Waals surface area contributed by atoms with E-state index in [1.807, 2.05) is 18.2 Å². The van der Waals surface area contributed by atoms with Crippen LogP contribution in [-0.2, 0) is 6.42 Å². The maximum Gasteiger partial charge on any atom is 0.270 e. The molecule has 0 bridgehead atoms. The lowest BCUT2D eigenvalue weighted by atomic mass is 10.1. The van der Waals surface area contributed by atoms with E-state index in [9.17, 15) is 14.9 Å². The highest BCUT2D eigenvalue weighted by Gasteiger charge is 2.23. The number of hydrogen-bond acceptors (Lipinski definition) is 7. The van der Waals surface area contributed by atoms with Crippen LogP contribution in [0.5, 0.6) is 0 Å². The van der Waals surface area contributed by atoms with Crippen molar-refractivity contribution < 1.29 is 9.72 Å². The van der Waals surface area contributed by atoms with Crippen LogP contribution in [0.3, 0.4) is 0 Å². The molecule has 0 aliphatic carbocycles. The number of hydrogen-bond donors (Lipinski definition) is 2. The average Bonchev–Trinajstić information content (AvgIpc) is 3.62. The highest BCUT2D eigenvalue weighted by Crippen LogP contribution is 2.28. The molecule has 1 aliphatic heterocycles. The molecular formula is C28H29N7O3S. The third-order valence-electron chi connectivity index (χ3n) is 6.73. The van der Waals surface area contributed by atoms with E-state index in [2.05, 4.69) is 44.8 Å². The molecule has 39 heavy (non-hydrogen) atoms. The lowest BCUT2D eigenvalue weighted by Gasteiger charge is -2.21. The topological polar surface area (TPSA) is 118 Å². The minimum absolute atomic E-state index is 0.0771. The van der Waals surface area contributed by atoms with Crippen LogP contribution >= 0.6 is 12.2 Å². The summed E-state index contributed by atoms with van der Waals surface area (Å²) >= 11 is 5.39. The van der Waals surface area contributed by atoms with E-state index in [0.29, 0.717) is 16.9 Å². The zero-order valence-electron chi connectivity index (χ0n) is 21.6. The van der Waals surface area contributed by atoms with Crippen molar-refractivity contribution in [2.75, 3.05) is 23.3 Å². The summed E-state index contributed by atoms with van der Waals surface area (Å²) in [7, 11) is 0. The van der Waals surface area contributed by atoms with Gasteiger partial charge in [0, 0.05) is 30.9 Å². The molecule has 0 radical (unpaired) electrons. The first-order chi connectivity index (χ1) is 18.9. The summed E-state index contributed by atoms with van der Waals surface area (Å²) in [5.74, 6) is -0.507. The molecule has 0 atom stereocenters. The Hall–Kier alpha value is -4.38. The molecule has 1 saturated heterocycles. The summed E-state index contributed by atoms with van der Waals surface area (Å²) in [4.78, 5) is 27.6. The van der Waals surface area contributed by atoms with Gasteiger partial charge in [0.15, 0.2) is 5.11 Å². The van der Waals surface area contributed by atoms with Crippen LogP contribution in [-0.4, -0.2) is 44.0 Å². The highest BCUT2D eigenvalue weighted by molar-refractivity contribution is 7.80. The third kappa shape index (κ3) is 6.04. The van der Waals surface area contributed by atoms with Gasteiger partial charge in [-0.3, -0.25) is 20.2 Å². The molecular weight excluding hydrogens is 514 g/mol. The first kappa shape index (κ1) is 26.2. The molecule has 0 spiro atoms. The zero-order valence-corrected chi connectivity index (χ0v) is 22.4. The largest absolute Gasteiger partial charge is 0.371 e. The van der Waals surface area contributed by atoms with E-state index in [1.54, 1.807) is 23.0 Å². The molecule has 200 valence electrons. The van der Waals surface area contributed by atoms with Gasteiger partial charge in [-0.2, -0.15) is 4.80 Å². The van der Waals surface area contributed by atoms with Crippen molar-refractivity contribution in [3.05, 3.63) is 81.9 Å². The van der Waals surface area contributed by atoms with E-state index >= 15 is 0 Å². The maximum atomic E-state index is 13.1. The first-order valence-electron chi connectivity index (χ1n) is 13.0. The summed E-state index contributed by atoms with van der Waals surface area (Å²) < 4.78 is 0. The van der Waals surface area contributed by atoms with Crippen LogP contribution in [0.15, 0.2) is 60.7 Å². The van der Waals surface area contributed by atoms with Crippen molar-refractivity contribution in [3.8, 4) is 5.69 Å². The predicted octanol–water partition coefficient (Wildman–Crippen LogP) is 5.40. The Morgan fingerprint density at radius 3 is 2.49 bits per heavy atom. The smallest absolute Gasteiger partial charge is 0.270 e. The summed E-state index contributed by atoms with van der Waals surface area (Å²) in [6.45, 7) is 3.77. The van der Waals surface area contributed by atoms with Gasteiger partial charge in [0.05, 0.1) is 21.9 Å². The van der Waals surface area contributed by atoms with Crippen LogP contribution in [0, 0.1) is 10.1 Å². The number of fused-ring (bicyclic) bond motifs is 1. The minimum Gasteiger partial charge on any atom is -0.371 e. The van der Waals surface area contributed by atoms with Gasteiger partial charge in [-0.25, -0.2) is 0 Å². The molecule has 2 N–H and O–H groups in total. The first-order valence-corrected chi connectivity index (χ1v) is 13.4. The number of rotatable bonds is 8. The van der Waals surface area contributed by atoms with Gasteiger partial charge in [0.25, 0.3) is 11.6 Å². The molecule has 1 amide bonds. The number of anilines is 2. The number of amides is 1. The Morgan fingerprint density at radius 2 is 1.77 bits per heavy atom. The van der Waals surface area contributed by atoms with Gasteiger partial charge in [-0.05, 0) is 79.9 Å². The van der Waals surface area contributed by atoms with Gasteiger partial charge in [-0.15, -0.1) is 10.2 Å². The normalized spacial score (nSPS) is 13.0. The van der Waals surface area contributed by atoms with Crippen molar-refractivity contribution >= 4 is 51.3 Å². The van der Waals surface area contributed by atoms with E-state index in [4.69, 9.17) is 12.2 Å². The van der Waals surface area contributed by atoms with Gasteiger partial charge >= 0.3 is 0 Å². The lowest BCUT2D eigenvalue weighted by molar-refractivity contribution is -0.384. The van der Waals surface area contributed by atoms with Crippen molar-refractivity contribution in [3.63, 3.8) is 0 Å². The second-order valence-electron chi connectivity index (χ2n) is 9.52. The number of nitrogens with zero attached hydrogens (tertiary/aromatic N) is 5. The van der Waals surface area contributed by atoms with Gasteiger partial charge in [0.1, 0.15) is 11.0 Å². The van der Waals surface area contributed by atoms with E-state index < -0.39 is 10.8 Å². The summed E-state index contributed by atoms with van der Waals surface area (Å²) in [5, 5.41) is 26.3. The number of benzene rings is 3. The molecule has 1 aliphatic rings. The second kappa shape index (κ2) is 11.6. The van der Waals surface area contributed by atoms with Crippen LogP contribution in [0.4, 0.5) is 17.1 Å². The summed E-state index contributed by atoms with van der Waals surface area (Å²) in [5.41, 5.74) is 4.91. The SMILES string of the molecule is CCCCc1ccc(-n2nc3ccc(NC(=S)NC(=O)c4cc([N+](=O)[O-])ccc4N4CCCC4)cc3n2)cc1. The Kier molecular flexibility index (Phi) is 7.78. The quantitative estimate of drug-likeness (QED) is 0.172. The Bertz CT molecular complexity index is 1530. The van der Waals surface area contributed by atoms with Crippen molar-refractivity contribution in [2.24, 2.45) is 0 Å². The molecule has 1 aromatic heterocycles. The van der Waals surface area contributed by atoms with Crippen LogP contribution in [0.2, 0.25) is 0 Å². The highest BCUT2D eigenvalue weighted by atomic mass is 32.1. The van der Waals surface area contributed by atoms with E-state index in [1.165, 1.54) is 17.7 Å². The van der Waals surface area contributed by atoms with Crippen LogP contribution in [0.1, 0.15) is 48.5 Å². The number of unbranched alkanes of at least 4 members (excludes halogenated alkanes) is 1. The molecule has 3 aromatic carbocycles. The van der Waals surface area contributed by atoms with Gasteiger partial charge in [-0.1, -0.05) is 25.5 Å². The molecule has 2 heterocycles. The number of nitro groups is 1. The van der Waals surface area contributed by atoms with E-state index in [-0.39, 0.29) is 16.4 Å². The molecule has 5 rings (SSSR count). The second-order valence-corrected chi connectivity index (χ2v) is 9.93. The number of nitrogens with one attached hydrogen (secondary N) is 2. The van der Waals surface area contributed by atoms with Gasteiger partial charge in [0.2, 0.25) is 0 Å². The Balaban J connectivity index is 1.29. The van der Waals surface area contributed by atoms with Crippen LogP contribution in [0.25, 0.3) is 16.7 Å². The fourth-order valence-electron chi connectivity index (χ4n) is 4.67. The van der Waals surface area contributed by atoms with E-state index in [0.717, 1.165) is 56.4 Å². The standard InChI is InChI=1S/C28H29N7O3S/c1-2-3-6-19-7-10-21(11-8-19)34-31-24-13-9-20(17-25(24)32-34)29-28(39)30-27(36)23-18-22(35(37)38)12-14-26(23)33-15-4-5-16-33/h7-14,17-18H,2-6,15-16H2,1H3,(H2,29,30,36,39). The van der Waals surface area contributed by atoms with Gasteiger partial charge < -0.3 is 10.2 Å². The average molecular weight is 544 g/mol. The van der Waals surface area contributed by atoms with Crippen molar-refractivity contribution in [1.29, 1.82) is 0 Å². The van der Waals surface area contributed by atoms with Crippen LogP contribution < -0.4 is 15.5 Å². The monoisotopic (exact) mass is 543 g/mol. The number of carbonyl (C=O) groups excluding carboxylic acids is 1. The number of aromatic nitrogens is 3. The lowest BCUT2D eigenvalue weighted by Crippen LogP contribution is -2.35. The molecule has 11 heteroatoms. The Morgan fingerprint density at radius 1 is 1.03 bits per heavy atom. The summed E-state index contributed by atoms with van der Waals surface area (Å²) in [6, 6.07) is 18.0. The minimum atomic E-state index is -0.510. The zero-order chi connectivity index (χ0) is 27.4. The molecule has 0 unspecified atom stereocenters. The molecule has 1 fully saturated rings.